The molecule has 1 aromatic rings. The van der Waals surface area contributed by atoms with Crippen LogP contribution in [0.3, 0.4) is 0 Å². The third-order valence-corrected chi connectivity index (χ3v) is 5.70. The minimum absolute atomic E-state index is 0.0734. The molecule has 2 fully saturated rings. The summed E-state index contributed by atoms with van der Waals surface area (Å²) in [6, 6.07) is 0. The molecular weight excluding hydrogens is 314 g/mol. The summed E-state index contributed by atoms with van der Waals surface area (Å²) in [7, 11) is 0. The number of anilines is 1. The Kier molecular flexibility index (Phi) is 4.96. The van der Waals surface area contributed by atoms with E-state index >= 15 is 0 Å². The molecule has 0 aromatic carbocycles. The van der Waals surface area contributed by atoms with Gasteiger partial charge in [-0.15, -0.1) is 11.3 Å². The lowest BCUT2D eigenvalue weighted by Crippen LogP contribution is -2.44. The average molecular weight is 337 g/mol. The number of hydrogen-bond donors (Lipinski definition) is 2. The highest BCUT2D eigenvalue weighted by Gasteiger charge is 2.49. The first-order valence-corrected chi connectivity index (χ1v) is 9.14. The van der Waals surface area contributed by atoms with Gasteiger partial charge in [-0.1, -0.05) is 12.8 Å². The lowest BCUT2D eigenvalue weighted by Gasteiger charge is -2.36. The highest BCUT2D eigenvalue weighted by molar-refractivity contribution is 7.13. The fraction of sp³-hybridized carbons (Fsp3) is 0.688. The molecule has 126 valence electrons. The summed E-state index contributed by atoms with van der Waals surface area (Å²) < 4.78 is 4.92. The number of thiazole rings is 1. The van der Waals surface area contributed by atoms with Crippen molar-refractivity contribution < 1.29 is 14.3 Å². The van der Waals surface area contributed by atoms with Gasteiger partial charge in [-0.3, -0.25) is 9.59 Å². The molecule has 2 atom stereocenters. The highest BCUT2D eigenvalue weighted by Crippen LogP contribution is 2.44. The van der Waals surface area contributed by atoms with E-state index in [1.165, 1.54) is 17.8 Å². The van der Waals surface area contributed by atoms with Crippen molar-refractivity contribution in [3.05, 3.63) is 11.1 Å². The van der Waals surface area contributed by atoms with Gasteiger partial charge < -0.3 is 15.4 Å². The Balaban J connectivity index is 1.64. The molecule has 3 rings (SSSR count). The van der Waals surface area contributed by atoms with Crippen LogP contribution in [0.15, 0.2) is 5.38 Å². The highest BCUT2D eigenvalue weighted by atomic mass is 32.1. The first kappa shape index (κ1) is 16.4. The zero-order valence-corrected chi connectivity index (χ0v) is 14.2. The standard InChI is InChI=1S/C16H23N3O3S/c1-2-22-13(20)7-12-9-23-15(18-12)19-14(21)16-6-4-3-5-11(16)8-17-10-16/h9,11,17H,2-8,10H2,1H3,(H,18,19,21)/t11-,16+/m0/s1. The van der Waals surface area contributed by atoms with Crippen molar-refractivity contribution in [1.29, 1.82) is 0 Å². The van der Waals surface area contributed by atoms with Crippen LogP contribution >= 0.6 is 11.3 Å². The molecule has 2 N–H and O–H groups in total. The van der Waals surface area contributed by atoms with Crippen molar-refractivity contribution in [1.82, 2.24) is 10.3 Å². The maximum Gasteiger partial charge on any atom is 0.311 e. The van der Waals surface area contributed by atoms with Gasteiger partial charge in [-0.25, -0.2) is 4.98 Å². The Morgan fingerprint density at radius 1 is 1.52 bits per heavy atom. The minimum Gasteiger partial charge on any atom is -0.466 e. The van der Waals surface area contributed by atoms with Gasteiger partial charge in [0, 0.05) is 11.9 Å². The molecule has 2 aliphatic rings. The van der Waals surface area contributed by atoms with E-state index in [-0.39, 0.29) is 23.7 Å². The zero-order chi connectivity index (χ0) is 16.3. The van der Waals surface area contributed by atoms with Gasteiger partial charge >= 0.3 is 5.97 Å². The molecule has 6 nitrogen and oxygen atoms in total. The van der Waals surface area contributed by atoms with Crippen molar-refractivity contribution in [2.45, 2.75) is 39.0 Å². The quantitative estimate of drug-likeness (QED) is 0.803. The predicted molar refractivity (Wildman–Crippen MR) is 88.3 cm³/mol. The minimum atomic E-state index is -0.290. The summed E-state index contributed by atoms with van der Waals surface area (Å²) in [6.07, 6.45) is 4.53. The van der Waals surface area contributed by atoms with E-state index in [2.05, 4.69) is 15.6 Å². The second-order valence-corrected chi connectivity index (χ2v) is 7.17. The molecule has 0 radical (unpaired) electrons. The Morgan fingerprint density at radius 2 is 2.39 bits per heavy atom. The average Bonchev–Trinajstić information content (AvgIpc) is 3.14. The van der Waals surface area contributed by atoms with E-state index in [0.29, 0.717) is 23.4 Å². The van der Waals surface area contributed by atoms with Crippen molar-refractivity contribution >= 4 is 28.3 Å². The van der Waals surface area contributed by atoms with Crippen LogP contribution in [0.25, 0.3) is 0 Å². The third-order valence-electron chi connectivity index (χ3n) is 4.89. The van der Waals surface area contributed by atoms with Gasteiger partial charge in [0.05, 0.1) is 24.1 Å². The normalized spacial score (nSPS) is 26.6. The first-order valence-electron chi connectivity index (χ1n) is 8.26. The van der Waals surface area contributed by atoms with E-state index < -0.39 is 0 Å². The molecule has 1 aliphatic carbocycles. The smallest absolute Gasteiger partial charge is 0.311 e. The SMILES string of the molecule is CCOC(=O)Cc1csc(NC(=O)[C@@]23CCCC[C@H]2CNC3)n1. The maximum absolute atomic E-state index is 12.8. The molecule has 1 saturated heterocycles. The van der Waals surface area contributed by atoms with E-state index in [0.717, 1.165) is 32.4 Å². The van der Waals surface area contributed by atoms with Crippen LogP contribution in [0.5, 0.6) is 0 Å². The second-order valence-electron chi connectivity index (χ2n) is 6.31. The predicted octanol–water partition coefficient (Wildman–Crippen LogP) is 1.97. The Hall–Kier alpha value is -1.47. The monoisotopic (exact) mass is 337 g/mol. The topological polar surface area (TPSA) is 80.3 Å². The summed E-state index contributed by atoms with van der Waals surface area (Å²) in [4.78, 5) is 28.7. The fourth-order valence-corrected chi connectivity index (χ4v) is 4.42. The number of hydrogen-bond acceptors (Lipinski definition) is 6. The molecule has 1 aliphatic heterocycles. The molecule has 0 unspecified atom stereocenters. The summed E-state index contributed by atoms with van der Waals surface area (Å²) in [5, 5.41) is 8.72. The summed E-state index contributed by atoms with van der Waals surface area (Å²) in [6.45, 7) is 3.83. The van der Waals surface area contributed by atoms with Gasteiger partial charge in [-0.05, 0) is 32.2 Å². The van der Waals surface area contributed by atoms with Gasteiger partial charge in [-0.2, -0.15) is 0 Å². The Labute approximate surface area is 140 Å². The Morgan fingerprint density at radius 3 is 3.22 bits per heavy atom. The van der Waals surface area contributed by atoms with Crippen molar-refractivity contribution in [3.63, 3.8) is 0 Å². The number of carbonyl (C=O) groups is 2. The van der Waals surface area contributed by atoms with Gasteiger partial charge in [0.15, 0.2) is 5.13 Å². The van der Waals surface area contributed by atoms with Crippen molar-refractivity contribution in [3.8, 4) is 0 Å². The van der Waals surface area contributed by atoms with Crippen molar-refractivity contribution in [2.24, 2.45) is 11.3 Å². The fourth-order valence-electron chi connectivity index (χ4n) is 3.72. The van der Waals surface area contributed by atoms with Gasteiger partial charge in [0.2, 0.25) is 5.91 Å². The van der Waals surface area contributed by atoms with Crippen molar-refractivity contribution in [2.75, 3.05) is 25.0 Å². The molecule has 1 amide bonds. The van der Waals surface area contributed by atoms with Crippen LogP contribution < -0.4 is 10.6 Å². The summed E-state index contributed by atoms with van der Waals surface area (Å²) >= 11 is 1.36. The molecule has 1 aromatic heterocycles. The van der Waals surface area contributed by atoms with Crippen LogP contribution in [-0.2, 0) is 20.7 Å². The molecule has 2 heterocycles. The summed E-state index contributed by atoms with van der Waals surface area (Å²) in [5.74, 6) is 0.209. The zero-order valence-electron chi connectivity index (χ0n) is 13.4. The second kappa shape index (κ2) is 6.97. The van der Waals surface area contributed by atoms with E-state index in [9.17, 15) is 9.59 Å². The lowest BCUT2D eigenvalue weighted by atomic mass is 9.68. The molecule has 0 bridgehead atoms. The number of nitrogens with one attached hydrogen (secondary N) is 2. The molecular formula is C16H23N3O3S. The van der Waals surface area contributed by atoms with Crippen LogP contribution in [0.2, 0.25) is 0 Å². The van der Waals surface area contributed by atoms with Gasteiger partial charge in [0.25, 0.3) is 0 Å². The number of nitrogens with zero attached hydrogens (tertiary/aromatic N) is 1. The van der Waals surface area contributed by atoms with Crippen LogP contribution in [0.1, 0.15) is 38.3 Å². The number of amides is 1. The number of ether oxygens (including phenoxy) is 1. The van der Waals surface area contributed by atoms with Crippen LogP contribution in [0.4, 0.5) is 5.13 Å². The first-order chi connectivity index (χ1) is 11.1. The number of rotatable bonds is 5. The molecule has 0 spiro atoms. The van der Waals surface area contributed by atoms with Gasteiger partial charge in [0.1, 0.15) is 0 Å². The van der Waals surface area contributed by atoms with E-state index in [1.807, 2.05) is 0 Å². The van der Waals surface area contributed by atoms with Crippen LogP contribution in [0, 0.1) is 11.3 Å². The lowest BCUT2D eigenvalue weighted by molar-refractivity contribution is -0.142. The number of aromatic nitrogens is 1. The van der Waals surface area contributed by atoms with E-state index in [4.69, 9.17) is 4.74 Å². The van der Waals surface area contributed by atoms with E-state index in [1.54, 1.807) is 12.3 Å². The Bertz CT molecular complexity index is 589. The third kappa shape index (κ3) is 3.40. The molecule has 23 heavy (non-hydrogen) atoms. The largest absolute Gasteiger partial charge is 0.466 e. The molecule has 7 heteroatoms. The molecule has 1 saturated carbocycles. The number of fused-ring (bicyclic) bond motifs is 1. The van der Waals surface area contributed by atoms with Crippen LogP contribution in [-0.4, -0.2) is 36.6 Å². The summed E-state index contributed by atoms with van der Waals surface area (Å²) in [5.41, 5.74) is 0.358. The maximum atomic E-state index is 12.8. The number of esters is 1. The number of carbonyl (C=O) groups excluding carboxylic acids is 2.